The standard InChI is InChI=1S/C28H24O8/c1-14(2)35-22-10-16(6-9-21(22)33-3)18-11-24(31)36-23-12-20(30)26-27(32)19(13-34-28(26)25(18)23)15-4-7-17(29)8-5-15/h4-10,12-14,18,29-30H,11H2,1-3H3/t18-/m1/s1. The van der Waals surface area contributed by atoms with Crippen molar-refractivity contribution in [3.05, 3.63) is 76.1 Å². The van der Waals surface area contributed by atoms with Crippen LogP contribution in [-0.4, -0.2) is 29.4 Å². The first kappa shape index (κ1) is 23.3. The van der Waals surface area contributed by atoms with E-state index >= 15 is 0 Å². The van der Waals surface area contributed by atoms with Crippen LogP contribution >= 0.6 is 0 Å². The number of benzene rings is 3. The molecule has 1 aromatic heterocycles. The summed E-state index contributed by atoms with van der Waals surface area (Å²) in [4.78, 5) is 26.0. The minimum Gasteiger partial charge on any atom is -0.508 e. The number of fused-ring (bicyclic) bond motifs is 3. The molecule has 0 saturated carbocycles. The van der Waals surface area contributed by atoms with E-state index in [1.54, 1.807) is 31.4 Å². The predicted octanol–water partition coefficient (Wildman–Crippen LogP) is 5.11. The van der Waals surface area contributed by atoms with Gasteiger partial charge in [-0.25, -0.2) is 0 Å². The highest BCUT2D eigenvalue weighted by Crippen LogP contribution is 2.47. The van der Waals surface area contributed by atoms with Gasteiger partial charge >= 0.3 is 5.97 Å². The third-order valence-corrected chi connectivity index (χ3v) is 6.10. The molecule has 184 valence electrons. The SMILES string of the molecule is COc1ccc([C@H]2CC(=O)Oc3cc(O)c4c(=O)c(-c5ccc(O)cc5)coc4c32)cc1OC(C)C. The van der Waals surface area contributed by atoms with Gasteiger partial charge in [0.2, 0.25) is 5.43 Å². The number of rotatable bonds is 5. The van der Waals surface area contributed by atoms with Crippen molar-refractivity contribution in [2.24, 2.45) is 0 Å². The van der Waals surface area contributed by atoms with Crippen molar-refractivity contribution in [2.45, 2.75) is 32.3 Å². The number of hydrogen-bond acceptors (Lipinski definition) is 8. The van der Waals surface area contributed by atoms with Gasteiger partial charge in [-0.1, -0.05) is 18.2 Å². The molecule has 0 aliphatic carbocycles. The highest BCUT2D eigenvalue weighted by molar-refractivity contribution is 5.94. The molecule has 0 radical (unpaired) electrons. The molecule has 1 aliphatic heterocycles. The molecule has 0 amide bonds. The van der Waals surface area contributed by atoms with Crippen LogP contribution in [0.1, 0.15) is 37.3 Å². The van der Waals surface area contributed by atoms with Crippen molar-refractivity contribution in [1.29, 1.82) is 0 Å². The Balaban J connectivity index is 1.72. The number of phenolic OH excluding ortho intramolecular Hbond substituents is 2. The van der Waals surface area contributed by atoms with Crippen molar-refractivity contribution < 1.29 is 33.6 Å². The number of carbonyl (C=O) groups excluding carboxylic acids is 1. The fourth-order valence-corrected chi connectivity index (χ4v) is 4.51. The molecule has 2 heterocycles. The lowest BCUT2D eigenvalue weighted by Gasteiger charge is -2.26. The van der Waals surface area contributed by atoms with Crippen LogP contribution in [0.2, 0.25) is 0 Å². The maximum absolute atomic E-state index is 13.5. The molecule has 0 bridgehead atoms. The summed E-state index contributed by atoms with van der Waals surface area (Å²) in [6.07, 6.45) is 1.21. The number of aromatic hydroxyl groups is 2. The Kier molecular flexibility index (Phi) is 5.80. The Hall–Kier alpha value is -4.46. The highest BCUT2D eigenvalue weighted by atomic mass is 16.5. The fourth-order valence-electron chi connectivity index (χ4n) is 4.51. The lowest BCUT2D eigenvalue weighted by atomic mass is 9.84. The predicted molar refractivity (Wildman–Crippen MR) is 132 cm³/mol. The van der Waals surface area contributed by atoms with Crippen molar-refractivity contribution >= 4 is 16.9 Å². The summed E-state index contributed by atoms with van der Waals surface area (Å²) in [5.41, 5.74) is 1.65. The van der Waals surface area contributed by atoms with Crippen molar-refractivity contribution in [2.75, 3.05) is 7.11 Å². The molecule has 3 aromatic carbocycles. The molecule has 4 aromatic rings. The topological polar surface area (TPSA) is 115 Å². The second-order valence-corrected chi connectivity index (χ2v) is 8.84. The van der Waals surface area contributed by atoms with Gasteiger partial charge in [0.15, 0.2) is 11.5 Å². The second-order valence-electron chi connectivity index (χ2n) is 8.84. The summed E-state index contributed by atoms with van der Waals surface area (Å²) in [6, 6.07) is 12.7. The number of phenols is 2. The van der Waals surface area contributed by atoms with Crippen LogP contribution in [0.25, 0.3) is 22.1 Å². The first-order valence-corrected chi connectivity index (χ1v) is 11.4. The largest absolute Gasteiger partial charge is 0.508 e. The van der Waals surface area contributed by atoms with Crippen LogP contribution in [-0.2, 0) is 4.79 Å². The average Bonchev–Trinajstić information content (AvgIpc) is 2.83. The summed E-state index contributed by atoms with van der Waals surface area (Å²) in [5, 5.41) is 20.3. The monoisotopic (exact) mass is 488 g/mol. The Morgan fingerprint density at radius 1 is 1.00 bits per heavy atom. The molecule has 1 atom stereocenters. The molecule has 0 fully saturated rings. The third kappa shape index (κ3) is 4.00. The zero-order valence-corrected chi connectivity index (χ0v) is 19.9. The Labute approximate surface area is 206 Å². The van der Waals surface area contributed by atoms with Gasteiger partial charge in [0, 0.05) is 17.5 Å². The summed E-state index contributed by atoms with van der Waals surface area (Å²) < 4.78 is 22.7. The van der Waals surface area contributed by atoms with Crippen LogP contribution in [0.4, 0.5) is 0 Å². The summed E-state index contributed by atoms with van der Waals surface area (Å²) in [6.45, 7) is 3.80. The summed E-state index contributed by atoms with van der Waals surface area (Å²) >= 11 is 0. The Bertz CT molecular complexity index is 1530. The first-order chi connectivity index (χ1) is 17.3. The number of carbonyl (C=O) groups is 1. The van der Waals surface area contributed by atoms with Gasteiger partial charge in [-0.05, 0) is 49.2 Å². The van der Waals surface area contributed by atoms with Crippen molar-refractivity contribution in [1.82, 2.24) is 0 Å². The molecule has 8 nitrogen and oxygen atoms in total. The van der Waals surface area contributed by atoms with E-state index in [0.29, 0.717) is 22.6 Å². The second kappa shape index (κ2) is 8.96. The quantitative estimate of drug-likeness (QED) is 0.294. The Morgan fingerprint density at radius 3 is 2.44 bits per heavy atom. The van der Waals surface area contributed by atoms with Gasteiger partial charge in [-0.3, -0.25) is 9.59 Å². The average molecular weight is 488 g/mol. The van der Waals surface area contributed by atoms with Gasteiger partial charge in [0.25, 0.3) is 0 Å². The van der Waals surface area contributed by atoms with Crippen LogP contribution < -0.4 is 19.6 Å². The van der Waals surface area contributed by atoms with Gasteiger partial charge in [-0.2, -0.15) is 0 Å². The zero-order chi connectivity index (χ0) is 25.6. The lowest BCUT2D eigenvalue weighted by molar-refractivity contribution is -0.135. The molecular weight excluding hydrogens is 464 g/mol. The molecule has 36 heavy (non-hydrogen) atoms. The molecule has 1 aliphatic rings. The van der Waals surface area contributed by atoms with Gasteiger partial charge in [0.05, 0.1) is 25.2 Å². The molecular formula is C28H24O8. The third-order valence-electron chi connectivity index (χ3n) is 6.10. The molecule has 8 heteroatoms. The van der Waals surface area contributed by atoms with E-state index in [1.165, 1.54) is 24.5 Å². The minimum absolute atomic E-state index is 0.00372. The molecule has 5 rings (SSSR count). The first-order valence-electron chi connectivity index (χ1n) is 11.4. The van der Waals surface area contributed by atoms with E-state index in [9.17, 15) is 19.8 Å². The van der Waals surface area contributed by atoms with E-state index in [1.807, 2.05) is 19.9 Å². The molecule has 2 N–H and O–H groups in total. The smallest absolute Gasteiger partial charge is 0.312 e. The molecule has 0 spiro atoms. The maximum atomic E-state index is 13.5. The van der Waals surface area contributed by atoms with Gasteiger partial charge in [-0.15, -0.1) is 0 Å². The van der Waals surface area contributed by atoms with E-state index < -0.39 is 17.3 Å². The number of methoxy groups -OCH3 is 1. The van der Waals surface area contributed by atoms with Crippen LogP contribution in [0.15, 0.2) is 64.0 Å². The van der Waals surface area contributed by atoms with Crippen molar-refractivity contribution in [3.8, 4) is 39.9 Å². The summed E-state index contributed by atoms with van der Waals surface area (Å²) in [5.74, 6) is -0.0971. The van der Waals surface area contributed by atoms with Crippen molar-refractivity contribution in [3.63, 3.8) is 0 Å². The van der Waals surface area contributed by atoms with E-state index in [0.717, 1.165) is 5.56 Å². The van der Waals surface area contributed by atoms with E-state index in [4.69, 9.17) is 18.6 Å². The number of hydrogen-bond donors (Lipinski definition) is 2. The fraction of sp³-hybridized carbons (Fsp3) is 0.214. The van der Waals surface area contributed by atoms with Crippen LogP contribution in [0, 0.1) is 0 Å². The maximum Gasteiger partial charge on any atom is 0.312 e. The lowest BCUT2D eigenvalue weighted by Crippen LogP contribution is -2.22. The molecule has 0 unspecified atom stereocenters. The van der Waals surface area contributed by atoms with E-state index in [-0.39, 0.29) is 46.3 Å². The van der Waals surface area contributed by atoms with E-state index in [2.05, 4.69) is 0 Å². The van der Waals surface area contributed by atoms with Gasteiger partial charge < -0.3 is 28.8 Å². The van der Waals surface area contributed by atoms with Crippen LogP contribution in [0.3, 0.4) is 0 Å². The van der Waals surface area contributed by atoms with Crippen LogP contribution in [0.5, 0.6) is 28.7 Å². The number of esters is 1. The minimum atomic E-state index is -0.521. The van der Waals surface area contributed by atoms with Gasteiger partial charge in [0.1, 0.15) is 34.5 Å². The Morgan fingerprint density at radius 2 is 1.75 bits per heavy atom. The number of ether oxygens (including phenoxy) is 3. The highest BCUT2D eigenvalue weighted by Gasteiger charge is 2.34. The summed E-state index contributed by atoms with van der Waals surface area (Å²) in [7, 11) is 1.55. The molecule has 0 saturated heterocycles. The zero-order valence-electron chi connectivity index (χ0n) is 19.9. The normalized spacial score (nSPS) is 15.0.